The maximum atomic E-state index is 10.9. The van der Waals surface area contributed by atoms with Crippen molar-refractivity contribution in [3.63, 3.8) is 0 Å². The fourth-order valence-corrected chi connectivity index (χ4v) is 3.91. The smallest absolute Gasteiger partial charge is 0.123 e. The van der Waals surface area contributed by atoms with Gasteiger partial charge in [0, 0.05) is 10.6 Å². The van der Waals surface area contributed by atoms with E-state index in [1.807, 2.05) is 0 Å². The van der Waals surface area contributed by atoms with E-state index in [0.717, 1.165) is 36.8 Å². The Bertz CT molecular complexity index is 604. The Hall–Kier alpha value is -0.870. The van der Waals surface area contributed by atoms with Crippen molar-refractivity contribution >= 4 is 33.7 Å². The molecule has 1 aromatic carbocycles. The number of phenols is 1. The number of phenolic OH excluding ortho intramolecular Hbond substituents is 1. The van der Waals surface area contributed by atoms with Crippen LogP contribution in [0.1, 0.15) is 77.5 Å². The maximum Gasteiger partial charge on any atom is 0.123 e. The third-order valence-corrected chi connectivity index (χ3v) is 5.59. The zero-order valence-electron chi connectivity index (χ0n) is 17.1. The molecule has 0 aliphatic carbocycles. The molecule has 0 saturated carbocycles. The van der Waals surface area contributed by atoms with Crippen LogP contribution in [-0.4, -0.2) is 14.8 Å². The minimum atomic E-state index is -0.139. The predicted octanol–water partition coefficient (Wildman–Crippen LogP) is 6.82. The van der Waals surface area contributed by atoms with Gasteiger partial charge in [-0.25, -0.2) is 0 Å². The van der Waals surface area contributed by atoms with Crippen LogP contribution in [0.5, 0.6) is 5.75 Å². The fourth-order valence-electron chi connectivity index (χ4n) is 3.10. The van der Waals surface area contributed by atoms with E-state index in [0.29, 0.717) is 10.8 Å². The topological polar surface area (TPSA) is 44.1 Å². The Morgan fingerprint density at radius 2 is 1.69 bits per heavy atom. The van der Waals surface area contributed by atoms with E-state index in [9.17, 15) is 5.11 Å². The summed E-state index contributed by atoms with van der Waals surface area (Å²) in [5.41, 5.74) is 2.86. The molecule has 2 N–H and O–H groups in total. The number of hydrogen-bond acceptors (Lipinski definition) is 4. The van der Waals surface area contributed by atoms with Crippen LogP contribution in [0.15, 0.2) is 12.1 Å². The number of benzene rings is 1. The van der Waals surface area contributed by atoms with E-state index in [2.05, 4.69) is 60.6 Å². The molecule has 0 aliphatic heterocycles. The van der Waals surface area contributed by atoms with Gasteiger partial charge in [-0.2, -0.15) is 0 Å². The number of unbranched alkanes of at least 4 members (excludes halogenated alkanes) is 1. The molecule has 0 heterocycles. The van der Waals surface area contributed by atoms with Crippen LogP contribution in [0.4, 0.5) is 0 Å². The number of rotatable bonds is 7. The number of aromatic hydroxyl groups is 1. The normalized spacial score (nSPS) is 13.5. The van der Waals surface area contributed by atoms with Crippen LogP contribution in [-0.2, 0) is 17.3 Å². The third-order valence-electron chi connectivity index (χ3n) is 4.62. The number of thiocarbonyl (C=S) groups is 1. The van der Waals surface area contributed by atoms with Gasteiger partial charge in [0.2, 0.25) is 0 Å². The summed E-state index contributed by atoms with van der Waals surface area (Å²) in [6, 6.07) is 4.24. The highest BCUT2D eigenvalue weighted by Gasteiger charge is 2.27. The molecular weight excluding hydrogens is 358 g/mol. The van der Waals surface area contributed by atoms with E-state index in [-0.39, 0.29) is 16.7 Å². The SMILES string of the molecule is [CH2]CCCC(Cc1cc(C(C)(C)C)c(O)c(C(C)(C)C)c1)C(=N)SC=S. The lowest BCUT2D eigenvalue weighted by molar-refractivity contribution is 0.422. The maximum absolute atomic E-state index is 10.9. The first kappa shape index (κ1) is 23.2. The van der Waals surface area contributed by atoms with Gasteiger partial charge >= 0.3 is 0 Å². The van der Waals surface area contributed by atoms with Gasteiger partial charge in [0.1, 0.15) is 5.75 Å². The molecule has 0 amide bonds. The van der Waals surface area contributed by atoms with Crippen molar-refractivity contribution in [1.29, 1.82) is 5.41 Å². The number of hydrogen-bond donors (Lipinski definition) is 2. The van der Waals surface area contributed by atoms with Gasteiger partial charge in [0.15, 0.2) is 0 Å². The quantitative estimate of drug-likeness (QED) is 0.304. The van der Waals surface area contributed by atoms with E-state index >= 15 is 0 Å². The van der Waals surface area contributed by atoms with Crippen molar-refractivity contribution in [2.24, 2.45) is 5.92 Å². The zero-order chi connectivity index (χ0) is 20.1. The molecule has 4 heteroatoms. The summed E-state index contributed by atoms with van der Waals surface area (Å²) >= 11 is 6.27. The second-order valence-corrected chi connectivity index (χ2v) is 10.5. The molecule has 1 unspecified atom stereocenters. The summed E-state index contributed by atoms with van der Waals surface area (Å²) in [6.07, 6.45) is 3.61. The van der Waals surface area contributed by atoms with Crippen LogP contribution in [0.3, 0.4) is 0 Å². The van der Waals surface area contributed by atoms with Gasteiger partial charge in [0.25, 0.3) is 0 Å². The molecule has 1 aromatic rings. The summed E-state index contributed by atoms with van der Waals surface area (Å²) in [6.45, 7) is 16.7. The molecular formula is C22H34NOS2. The Morgan fingerprint density at radius 1 is 1.19 bits per heavy atom. The third kappa shape index (κ3) is 6.38. The van der Waals surface area contributed by atoms with Crippen LogP contribution >= 0.6 is 24.0 Å². The van der Waals surface area contributed by atoms with Crippen molar-refractivity contribution in [2.75, 3.05) is 0 Å². The predicted molar refractivity (Wildman–Crippen MR) is 121 cm³/mol. The molecule has 2 nitrogen and oxygen atoms in total. The molecule has 0 aliphatic rings. The minimum Gasteiger partial charge on any atom is -0.507 e. The molecule has 26 heavy (non-hydrogen) atoms. The molecule has 0 saturated heterocycles. The van der Waals surface area contributed by atoms with Gasteiger partial charge in [-0.1, -0.05) is 97.4 Å². The van der Waals surface area contributed by atoms with Crippen molar-refractivity contribution < 1.29 is 5.11 Å². The molecule has 1 rings (SSSR count). The number of thioether (sulfide) groups is 1. The molecule has 0 spiro atoms. The first-order valence-electron chi connectivity index (χ1n) is 9.26. The molecule has 0 fully saturated rings. The van der Waals surface area contributed by atoms with Crippen LogP contribution in [0, 0.1) is 18.3 Å². The average Bonchev–Trinajstić information content (AvgIpc) is 2.50. The molecule has 0 bridgehead atoms. The zero-order valence-corrected chi connectivity index (χ0v) is 18.7. The van der Waals surface area contributed by atoms with Crippen molar-refractivity contribution in [1.82, 2.24) is 0 Å². The standard InChI is InChI=1S/C22H34NOS2/c1-8-9-10-16(20(23)26-14-25)11-15-12-17(21(2,3)4)19(24)18(13-15)22(5,6)7/h12-14,16,23-24H,1,8-11H2,2-7H3. The van der Waals surface area contributed by atoms with Crippen LogP contribution < -0.4 is 0 Å². The van der Waals surface area contributed by atoms with Gasteiger partial charge in [0.05, 0.1) is 5.04 Å². The summed E-state index contributed by atoms with van der Waals surface area (Å²) in [5.74, 6) is 0.553. The average molecular weight is 393 g/mol. The van der Waals surface area contributed by atoms with Crippen LogP contribution in [0.25, 0.3) is 0 Å². The fraction of sp³-hybridized carbons (Fsp3) is 0.591. The largest absolute Gasteiger partial charge is 0.507 e. The second kappa shape index (κ2) is 9.36. The summed E-state index contributed by atoms with van der Waals surface area (Å²) in [5, 5.41) is 19.9. The summed E-state index contributed by atoms with van der Waals surface area (Å²) in [7, 11) is 0. The summed E-state index contributed by atoms with van der Waals surface area (Å²) < 4.78 is 1.57. The molecule has 0 aromatic heterocycles. The van der Waals surface area contributed by atoms with Crippen molar-refractivity contribution in [2.45, 2.75) is 78.1 Å². The number of nitrogens with one attached hydrogen (secondary N) is 1. The van der Waals surface area contributed by atoms with E-state index in [4.69, 9.17) is 17.6 Å². The minimum absolute atomic E-state index is 0.139. The highest BCUT2D eigenvalue weighted by atomic mass is 32.2. The lowest BCUT2D eigenvalue weighted by atomic mass is 9.77. The summed E-state index contributed by atoms with van der Waals surface area (Å²) in [4.78, 5) is 0. The lowest BCUT2D eigenvalue weighted by Crippen LogP contribution is -2.19. The first-order chi connectivity index (χ1) is 11.9. The van der Waals surface area contributed by atoms with Gasteiger partial charge in [-0.3, -0.25) is 5.41 Å². The van der Waals surface area contributed by atoms with Gasteiger partial charge < -0.3 is 5.11 Å². The Balaban J connectivity index is 3.36. The highest BCUT2D eigenvalue weighted by Crippen LogP contribution is 2.40. The van der Waals surface area contributed by atoms with Crippen molar-refractivity contribution in [3.05, 3.63) is 35.7 Å². The Kier molecular flexibility index (Phi) is 8.34. The Morgan fingerprint density at radius 3 is 2.08 bits per heavy atom. The Labute approximate surface area is 169 Å². The van der Waals surface area contributed by atoms with E-state index in [1.54, 1.807) is 4.70 Å². The van der Waals surface area contributed by atoms with Crippen LogP contribution in [0.2, 0.25) is 0 Å². The monoisotopic (exact) mass is 392 g/mol. The highest BCUT2D eigenvalue weighted by molar-refractivity contribution is 8.31. The molecule has 1 radical (unpaired) electrons. The van der Waals surface area contributed by atoms with E-state index < -0.39 is 0 Å². The van der Waals surface area contributed by atoms with Gasteiger partial charge in [-0.05, 0) is 40.4 Å². The van der Waals surface area contributed by atoms with E-state index in [1.165, 1.54) is 17.3 Å². The second-order valence-electron chi connectivity index (χ2n) is 9.01. The lowest BCUT2D eigenvalue weighted by Gasteiger charge is -2.29. The molecule has 145 valence electrons. The molecule has 1 atom stereocenters. The van der Waals surface area contributed by atoms with Crippen molar-refractivity contribution in [3.8, 4) is 5.75 Å². The first-order valence-corrected chi connectivity index (χ1v) is 10.6. The van der Waals surface area contributed by atoms with Gasteiger partial charge in [-0.15, -0.1) is 0 Å².